The predicted octanol–water partition coefficient (Wildman–Crippen LogP) is 9.95. The summed E-state index contributed by atoms with van der Waals surface area (Å²) in [5, 5.41) is 20.0. The Morgan fingerprint density at radius 2 is 1.48 bits per heavy atom. The molecule has 2 unspecified atom stereocenters. The molecule has 0 spiro atoms. The van der Waals surface area contributed by atoms with E-state index in [-0.39, 0.29) is 0 Å². The Hall–Kier alpha value is -3.82. The van der Waals surface area contributed by atoms with Crippen molar-refractivity contribution in [3.63, 3.8) is 0 Å². The lowest BCUT2D eigenvalue weighted by atomic mass is 9.71. The van der Waals surface area contributed by atoms with E-state index in [2.05, 4.69) is 112 Å². The van der Waals surface area contributed by atoms with Gasteiger partial charge in [-0.15, -0.1) is 0 Å². The van der Waals surface area contributed by atoms with Crippen LogP contribution in [-0.4, -0.2) is 80.4 Å². The van der Waals surface area contributed by atoms with E-state index in [1.54, 1.807) is 14.0 Å². The summed E-state index contributed by atoms with van der Waals surface area (Å²) < 4.78 is 5.29. The Kier molecular flexibility index (Phi) is 16.1. The highest BCUT2D eigenvalue weighted by Crippen LogP contribution is 2.48. The number of para-hydroxylation sites is 2. The summed E-state index contributed by atoms with van der Waals surface area (Å²) in [4.78, 5) is 20.3. The number of nitrogens with zero attached hydrogens (tertiary/aromatic N) is 3. The van der Waals surface area contributed by atoms with Gasteiger partial charge in [-0.3, -0.25) is 4.79 Å². The predicted molar refractivity (Wildman–Crippen MR) is 226 cm³/mol. The van der Waals surface area contributed by atoms with Gasteiger partial charge in [-0.05, 0) is 120 Å². The first kappa shape index (κ1) is 42.9. The number of rotatable bonds is 11. The molecule has 0 bridgehead atoms. The molecule has 8 heteroatoms. The van der Waals surface area contributed by atoms with Crippen molar-refractivity contribution in [1.29, 1.82) is 0 Å². The third-order valence-electron chi connectivity index (χ3n) is 10.5. The molecule has 292 valence electrons. The fourth-order valence-electron chi connectivity index (χ4n) is 7.15. The first-order chi connectivity index (χ1) is 25.7. The molecule has 1 aliphatic carbocycles. The van der Waals surface area contributed by atoms with Crippen LogP contribution < -0.4 is 9.64 Å². The number of fused-ring (bicyclic) bond motifs is 2. The van der Waals surface area contributed by atoms with Crippen LogP contribution in [0.2, 0.25) is 0 Å². The quantitative estimate of drug-likeness (QED) is 0.157. The fourth-order valence-corrected chi connectivity index (χ4v) is 8.24. The molecule has 0 aromatic heterocycles. The molecule has 2 aliphatic rings. The number of benzene rings is 4. The monoisotopic (exact) mass is 753 g/mol. The van der Waals surface area contributed by atoms with Crippen LogP contribution in [-0.2, 0) is 16.8 Å². The van der Waals surface area contributed by atoms with Gasteiger partial charge in [-0.25, -0.2) is 0 Å². The average molecular weight is 754 g/mol. The summed E-state index contributed by atoms with van der Waals surface area (Å²) in [6, 6.07) is 33.6. The van der Waals surface area contributed by atoms with Crippen molar-refractivity contribution in [2.45, 2.75) is 87.2 Å². The van der Waals surface area contributed by atoms with Crippen molar-refractivity contribution >= 4 is 29.1 Å². The van der Waals surface area contributed by atoms with E-state index in [1.165, 1.54) is 33.2 Å². The van der Waals surface area contributed by atoms with Gasteiger partial charge in [0, 0.05) is 34.8 Å². The van der Waals surface area contributed by atoms with E-state index in [4.69, 9.17) is 9.84 Å². The van der Waals surface area contributed by atoms with Gasteiger partial charge < -0.3 is 29.6 Å². The smallest absolute Gasteiger partial charge is 0.310 e. The second-order valence-corrected chi connectivity index (χ2v) is 16.8. The van der Waals surface area contributed by atoms with E-state index in [9.17, 15) is 9.90 Å². The SMILES string of the molecule is CC(C)Cc1ccc(C(C)C(=O)O)cc1.CC(CN1c2ccccc2Sc2ccccc21)N(C)C.COc1cccc([C@@]2(O)CCCC[C@@H]2CN(C)C)c1. The van der Waals surface area contributed by atoms with Crippen LogP contribution in [0.25, 0.3) is 0 Å². The molecule has 4 atom stereocenters. The maximum atomic E-state index is 11.2. The van der Waals surface area contributed by atoms with Crippen LogP contribution in [0.5, 0.6) is 5.75 Å². The van der Waals surface area contributed by atoms with Crippen LogP contribution >= 0.6 is 11.8 Å². The summed E-state index contributed by atoms with van der Waals surface area (Å²) in [5.74, 6) is 0.556. The van der Waals surface area contributed by atoms with Gasteiger partial charge in [-0.1, -0.05) is 99.1 Å². The normalized spacial score (nSPS) is 18.8. The van der Waals surface area contributed by atoms with Gasteiger partial charge in [0.1, 0.15) is 5.75 Å². The van der Waals surface area contributed by atoms with Crippen molar-refractivity contribution in [1.82, 2.24) is 9.80 Å². The molecule has 1 heterocycles. The molecule has 1 fully saturated rings. The Bertz CT molecular complexity index is 1720. The van der Waals surface area contributed by atoms with E-state index in [0.717, 1.165) is 55.6 Å². The number of likely N-dealkylation sites (N-methyl/N-ethyl adjacent to an activating group) is 1. The van der Waals surface area contributed by atoms with Crippen LogP contribution in [0, 0.1) is 11.8 Å². The van der Waals surface area contributed by atoms with E-state index >= 15 is 0 Å². The number of aliphatic carboxylic acids is 1. The van der Waals surface area contributed by atoms with E-state index in [1.807, 2.05) is 60.3 Å². The topological polar surface area (TPSA) is 76.5 Å². The minimum atomic E-state index is -0.772. The number of carboxylic acids is 1. The molecule has 4 aromatic carbocycles. The van der Waals surface area contributed by atoms with Crippen molar-refractivity contribution in [2.75, 3.05) is 53.3 Å². The first-order valence-corrected chi connectivity index (χ1v) is 20.2. The zero-order valence-electron chi connectivity index (χ0n) is 34.0. The number of carboxylic acid groups (broad SMARTS) is 1. The molecule has 0 amide bonds. The molecule has 7 nitrogen and oxygen atoms in total. The highest BCUT2D eigenvalue weighted by atomic mass is 32.2. The zero-order chi connectivity index (χ0) is 39.4. The molecule has 1 saturated carbocycles. The molecule has 2 N–H and O–H groups in total. The molecule has 0 radical (unpaired) electrons. The maximum Gasteiger partial charge on any atom is 0.310 e. The largest absolute Gasteiger partial charge is 0.497 e. The number of ether oxygens (including phenoxy) is 1. The lowest BCUT2D eigenvalue weighted by Gasteiger charge is -2.41. The Morgan fingerprint density at radius 1 is 0.870 bits per heavy atom. The van der Waals surface area contributed by atoms with Gasteiger partial charge in [0.05, 0.1) is 30.0 Å². The minimum Gasteiger partial charge on any atom is -0.497 e. The maximum absolute atomic E-state index is 11.2. The Morgan fingerprint density at radius 3 is 2.02 bits per heavy atom. The molecule has 1 aliphatic heterocycles. The van der Waals surface area contributed by atoms with Crippen molar-refractivity contribution in [3.05, 3.63) is 114 Å². The van der Waals surface area contributed by atoms with Gasteiger partial charge in [0.15, 0.2) is 0 Å². The van der Waals surface area contributed by atoms with Crippen molar-refractivity contribution < 1.29 is 19.7 Å². The Balaban J connectivity index is 0.000000183. The second kappa shape index (κ2) is 20.2. The highest BCUT2D eigenvalue weighted by Gasteiger charge is 2.40. The van der Waals surface area contributed by atoms with Gasteiger partial charge in [0.25, 0.3) is 0 Å². The molecule has 4 aromatic rings. The van der Waals surface area contributed by atoms with Crippen LogP contribution in [0.1, 0.15) is 76.0 Å². The van der Waals surface area contributed by atoms with Gasteiger partial charge in [-0.2, -0.15) is 0 Å². The summed E-state index contributed by atoms with van der Waals surface area (Å²) in [6.45, 7) is 10.3. The fraction of sp³-hybridized carbons (Fsp3) is 0.457. The number of methoxy groups -OCH3 is 1. The number of carbonyl (C=O) groups is 1. The minimum absolute atomic E-state index is 0.295. The number of aliphatic hydroxyl groups is 1. The average Bonchev–Trinajstić information content (AvgIpc) is 3.15. The number of hydrogen-bond acceptors (Lipinski definition) is 7. The third kappa shape index (κ3) is 11.6. The van der Waals surface area contributed by atoms with Crippen LogP contribution in [0.4, 0.5) is 11.4 Å². The first-order valence-electron chi connectivity index (χ1n) is 19.4. The molecule has 0 saturated heterocycles. The summed E-state index contributed by atoms with van der Waals surface area (Å²) in [6.07, 6.45) is 5.29. The second-order valence-electron chi connectivity index (χ2n) is 15.7. The van der Waals surface area contributed by atoms with E-state index in [0.29, 0.717) is 17.9 Å². The van der Waals surface area contributed by atoms with Gasteiger partial charge >= 0.3 is 5.97 Å². The standard InChI is InChI=1S/C17H20N2S.C16H25NO2.C13H18O2/c1-13(18(2)3)12-19-14-8-4-6-10-16(14)20-17-11-7-5-9-15(17)19;1-17(2)12-14-7-4-5-10-16(14,18)13-8-6-9-15(11-13)19-3;1-9(2)8-11-4-6-12(7-5-11)10(3)13(14)15/h4-11,13H,12H2,1-3H3;6,8-9,11,14,18H,4-5,7,10,12H2,1-3H3;4-7,9-10H,8H2,1-3H3,(H,14,15)/t;14-,16+;/m.1./s1. The third-order valence-corrected chi connectivity index (χ3v) is 11.7. The van der Waals surface area contributed by atoms with Crippen molar-refractivity contribution in [2.24, 2.45) is 11.8 Å². The highest BCUT2D eigenvalue weighted by molar-refractivity contribution is 7.99. The van der Waals surface area contributed by atoms with Crippen LogP contribution in [0.15, 0.2) is 107 Å². The molecule has 54 heavy (non-hydrogen) atoms. The lowest BCUT2D eigenvalue weighted by molar-refractivity contribution is -0.138. The molecular weight excluding hydrogens is 691 g/mol. The zero-order valence-corrected chi connectivity index (χ0v) is 34.8. The van der Waals surface area contributed by atoms with Crippen molar-refractivity contribution in [3.8, 4) is 5.75 Å². The van der Waals surface area contributed by atoms with E-state index < -0.39 is 17.5 Å². The van der Waals surface area contributed by atoms with Crippen LogP contribution in [0.3, 0.4) is 0 Å². The number of hydrogen-bond donors (Lipinski definition) is 2. The molecule has 6 rings (SSSR count). The number of anilines is 2. The Labute approximate surface area is 329 Å². The summed E-state index contributed by atoms with van der Waals surface area (Å²) in [5.41, 5.74) is 5.08. The summed E-state index contributed by atoms with van der Waals surface area (Å²) in [7, 11) is 10.1. The lowest BCUT2D eigenvalue weighted by Crippen LogP contribution is -2.43. The summed E-state index contributed by atoms with van der Waals surface area (Å²) >= 11 is 1.87. The molecular formula is C46H63N3O4S. The van der Waals surface area contributed by atoms with Gasteiger partial charge in [0.2, 0.25) is 0 Å².